The molecule has 2 aromatic rings. The minimum absolute atomic E-state index is 0.775. The minimum atomic E-state index is 0.775. The van der Waals surface area contributed by atoms with E-state index in [2.05, 4.69) is 29.9 Å². The fraction of sp³-hybridized carbons (Fsp3) is 0.353. The topological polar surface area (TPSA) is 51.4 Å². The predicted molar refractivity (Wildman–Crippen MR) is 86.3 cm³/mol. The summed E-state index contributed by atoms with van der Waals surface area (Å²) in [5, 5.41) is 0. The van der Waals surface area contributed by atoms with Crippen molar-refractivity contribution in [1.29, 1.82) is 0 Å². The van der Waals surface area contributed by atoms with Gasteiger partial charge in [0.1, 0.15) is 5.75 Å². The number of aromatic nitrogens is 1. The lowest BCUT2D eigenvalue weighted by atomic mass is 10.1. The Morgan fingerprint density at radius 1 is 1.24 bits per heavy atom. The number of rotatable bonds is 5. The van der Waals surface area contributed by atoms with Crippen molar-refractivity contribution in [2.75, 3.05) is 19.9 Å². The molecule has 2 rings (SSSR count). The zero-order valence-corrected chi connectivity index (χ0v) is 13.2. The highest BCUT2D eigenvalue weighted by molar-refractivity contribution is 5.42. The van der Waals surface area contributed by atoms with Crippen LogP contribution < -0.4 is 10.5 Å². The number of pyridine rings is 1. The van der Waals surface area contributed by atoms with Crippen LogP contribution in [0.15, 0.2) is 30.5 Å². The van der Waals surface area contributed by atoms with Crippen LogP contribution in [0.3, 0.4) is 0 Å². The molecule has 0 atom stereocenters. The second-order valence-electron chi connectivity index (χ2n) is 5.46. The average molecular weight is 285 g/mol. The third-order valence-corrected chi connectivity index (χ3v) is 3.57. The molecule has 0 fully saturated rings. The number of nitrogen functional groups attached to an aromatic ring is 1. The first kappa shape index (κ1) is 15.3. The number of hydrogen-bond acceptors (Lipinski definition) is 4. The zero-order valence-electron chi connectivity index (χ0n) is 13.2. The predicted octanol–water partition coefficient (Wildman–Crippen LogP) is 2.92. The van der Waals surface area contributed by atoms with Crippen LogP contribution in [0.4, 0.5) is 5.69 Å². The highest BCUT2D eigenvalue weighted by Crippen LogP contribution is 2.24. The molecule has 0 spiro atoms. The molecule has 0 amide bonds. The Labute approximate surface area is 126 Å². The quantitative estimate of drug-likeness (QED) is 0.858. The van der Waals surface area contributed by atoms with Gasteiger partial charge in [0.05, 0.1) is 12.8 Å². The molecule has 1 aromatic heterocycles. The number of anilines is 1. The van der Waals surface area contributed by atoms with Crippen LogP contribution in [0.5, 0.6) is 5.75 Å². The number of aryl methyl sites for hydroxylation is 1. The molecule has 4 heteroatoms. The summed E-state index contributed by atoms with van der Waals surface area (Å²) in [4.78, 5) is 6.76. The lowest BCUT2D eigenvalue weighted by molar-refractivity contribution is 0.313. The molecule has 4 nitrogen and oxygen atoms in total. The van der Waals surface area contributed by atoms with Crippen molar-refractivity contribution in [3.8, 4) is 5.75 Å². The lowest BCUT2D eigenvalue weighted by Gasteiger charge is -2.19. The van der Waals surface area contributed by atoms with E-state index >= 15 is 0 Å². The normalized spacial score (nSPS) is 10.9. The average Bonchev–Trinajstić information content (AvgIpc) is 2.42. The smallest absolute Gasteiger partial charge is 0.128 e. The molecule has 0 radical (unpaired) electrons. The summed E-state index contributed by atoms with van der Waals surface area (Å²) in [6.45, 7) is 5.68. The van der Waals surface area contributed by atoms with E-state index in [1.54, 1.807) is 7.11 Å². The van der Waals surface area contributed by atoms with Gasteiger partial charge in [-0.25, -0.2) is 0 Å². The molecule has 0 saturated heterocycles. The Morgan fingerprint density at radius 3 is 2.67 bits per heavy atom. The van der Waals surface area contributed by atoms with Crippen LogP contribution in [0.25, 0.3) is 0 Å². The van der Waals surface area contributed by atoms with Gasteiger partial charge < -0.3 is 10.5 Å². The van der Waals surface area contributed by atoms with E-state index in [9.17, 15) is 0 Å². The summed E-state index contributed by atoms with van der Waals surface area (Å²) in [7, 11) is 3.78. The second kappa shape index (κ2) is 6.59. The lowest BCUT2D eigenvalue weighted by Crippen LogP contribution is -2.19. The fourth-order valence-electron chi connectivity index (χ4n) is 2.55. The van der Waals surface area contributed by atoms with Crippen molar-refractivity contribution in [2.24, 2.45) is 0 Å². The maximum atomic E-state index is 5.82. The third kappa shape index (κ3) is 3.73. The Hall–Kier alpha value is -2.07. The van der Waals surface area contributed by atoms with Gasteiger partial charge in [0, 0.05) is 36.1 Å². The third-order valence-electron chi connectivity index (χ3n) is 3.57. The van der Waals surface area contributed by atoms with E-state index in [4.69, 9.17) is 10.5 Å². The van der Waals surface area contributed by atoms with E-state index in [-0.39, 0.29) is 0 Å². The summed E-state index contributed by atoms with van der Waals surface area (Å²) >= 11 is 0. The summed E-state index contributed by atoms with van der Waals surface area (Å²) in [5.74, 6) is 0.928. The van der Waals surface area contributed by atoms with Crippen molar-refractivity contribution >= 4 is 5.69 Å². The van der Waals surface area contributed by atoms with Gasteiger partial charge in [0.2, 0.25) is 0 Å². The van der Waals surface area contributed by atoms with E-state index in [0.29, 0.717) is 0 Å². The highest BCUT2D eigenvalue weighted by atomic mass is 16.5. The molecule has 0 bridgehead atoms. The highest BCUT2D eigenvalue weighted by Gasteiger charge is 2.11. The molecule has 21 heavy (non-hydrogen) atoms. The first-order valence-electron chi connectivity index (χ1n) is 7.03. The molecule has 0 unspecified atom stereocenters. The number of methoxy groups -OCH3 is 1. The van der Waals surface area contributed by atoms with Gasteiger partial charge in [-0.3, -0.25) is 9.88 Å². The molecular weight excluding hydrogens is 262 g/mol. The number of ether oxygens (including phenoxy) is 1. The Bertz CT molecular complexity index is 625. The first-order valence-corrected chi connectivity index (χ1v) is 7.03. The van der Waals surface area contributed by atoms with Gasteiger partial charge in [-0.15, -0.1) is 0 Å². The molecule has 0 aliphatic rings. The summed E-state index contributed by atoms with van der Waals surface area (Å²) < 4.78 is 5.46. The van der Waals surface area contributed by atoms with Gasteiger partial charge in [-0.1, -0.05) is 12.1 Å². The van der Waals surface area contributed by atoms with Crippen LogP contribution in [-0.2, 0) is 13.1 Å². The first-order chi connectivity index (χ1) is 10.0. The van der Waals surface area contributed by atoms with Crippen molar-refractivity contribution in [3.63, 3.8) is 0 Å². The van der Waals surface area contributed by atoms with Crippen LogP contribution in [0, 0.1) is 13.8 Å². The maximum absolute atomic E-state index is 5.82. The minimum Gasteiger partial charge on any atom is -0.496 e. The van der Waals surface area contributed by atoms with Crippen LogP contribution in [-0.4, -0.2) is 24.0 Å². The number of nitrogens with two attached hydrogens (primary N) is 1. The van der Waals surface area contributed by atoms with Crippen LogP contribution >= 0.6 is 0 Å². The Morgan fingerprint density at radius 2 is 2.00 bits per heavy atom. The van der Waals surface area contributed by atoms with Gasteiger partial charge in [0.25, 0.3) is 0 Å². The monoisotopic (exact) mass is 285 g/mol. The van der Waals surface area contributed by atoms with Crippen molar-refractivity contribution in [1.82, 2.24) is 9.88 Å². The standard InChI is InChI=1S/C17H23N3O/c1-12-9-19-16(13(2)17(12)21-4)11-20(3)10-14-6-5-7-15(18)8-14/h5-9H,10-11,18H2,1-4H3. The van der Waals surface area contributed by atoms with Crippen LogP contribution in [0.1, 0.15) is 22.4 Å². The number of nitrogens with zero attached hydrogens (tertiary/aromatic N) is 2. The van der Waals surface area contributed by atoms with E-state index in [1.165, 1.54) is 5.56 Å². The van der Waals surface area contributed by atoms with Gasteiger partial charge in [0.15, 0.2) is 0 Å². The van der Waals surface area contributed by atoms with Gasteiger partial charge in [-0.05, 0) is 38.6 Å². The molecule has 0 aliphatic carbocycles. The molecule has 1 heterocycles. The molecular formula is C17H23N3O. The molecule has 112 valence electrons. The summed E-state index contributed by atoms with van der Waals surface area (Å²) in [5.41, 5.74) is 11.0. The van der Waals surface area contributed by atoms with Gasteiger partial charge in [-0.2, -0.15) is 0 Å². The molecule has 1 aromatic carbocycles. The van der Waals surface area contributed by atoms with Crippen molar-refractivity contribution in [2.45, 2.75) is 26.9 Å². The van der Waals surface area contributed by atoms with Crippen molar-refractivity contribution < 1.29 is 4.74 Å². The fourth-order valence-corrected chi connectivity index (χ4v) is 2.55. The van der Waals surface area contributed by atoms with E-state index in [1.807, 2.05) is 31.3 Å². The number of benzene rings is 1. The van der Waals surface area contributed by atoms with Gasteiger partial charge >= 0.3 is 0 Å². The van der Waals surface area contributed by atoms with Crippen LogP contribution in [0.2, 0.25) is 0 Å². The molecule has 2 N–H and O–H groups in total. The Kier molecular flexibility index (Phi) is 4.81. The van der Waals surface area contributed by atoms with E-state index in [0.717, 1.165) is 41.3 Å². The molecule has 0 saturated carbocycles. The maximum Gasteiger partial charge on any atom is 0.128 e. The zero-order chi connectivity index (χ0) is 15.4. The number of hydrogen-bond donors (Lipinski definition) is 1. The second-order valence-corrected chi connectivity index (χ2v) is 5.46. The van der Waals surface area contributed by atoms with Crippen molar-refractivity contribution in [3.05, 3.63) is 52.8 Å². The molecule has 0 aliphatic heterocycles. The largest absolute Gasteiger partial charge is 0.496 e. The summed E-state index contributed by atoms with van der Waals surface area (Å²) in [6, 6.07) is 7.98. The SMILES string of the molecule is COc1c(C)cnc(CN(C)Cc2cccc(N)c2)c1C. The summed E-state index contributed by atoms with van der Waals surface area (Å²) in [6.07, 6.45) is 1.87. The Balaban J connectivity index is 2.11. The van der Waals surface area contributed by atoms with E-state index < -0.39 is 0 Å².